The van der Waals surface area contributed by atoms with Crippen LogP contribution in [0.15, 0.2) is 48.5 Å². The zero-order valence-electron chi connectivity index (χ0n) is 16.8. The maximum absolute atomic E-state index is 14.0. The SMILES string of the molecule is COc1cc(CNc2cc(C(=O)O)ccc2C)c(Cl)cc1OCc1c(F)cccc1Cl. The second kappa shape index (κ2) is 9.90. The van der Waals surface area contributed by atoms with E-state index in [-0.39, 0.29) is 22.8 Å². The van der Waals surface area contributed by atoms with E-state index in [4.69, 9.17) is 32.7 Å². The largest absolute Gasteiger partial charge is 0.493 e. The van der Waals surface area contributed by atoms with E-state index in [2.05, 4.69) is 5.32 Å². The van der Waals surface area contributed by atoms with E-state index in [1.54, 1.807) is 36.4 Å². The number of methoxy groups -OCH3 is 1. The molecule has 0 aliphatic carbocycles. The van der Waals surface area contributed by atoms with E-state index in [1.165, 1.54) is 19.2 Å². The van der Waals surface area contributed by atoms with Crippen LogP contribution in [-0.4, -0.2) is 18.2 Å². The van der Waals surface area contributed by atoms with Crippen LogP contribution in [0.3, 0.4) is 0 Å². The number of halogens is 3. The summed E-state index contributed by atoms with van der Waals surface area (Å²) in [5.74, 6) is -0.694. The number of aryl methyl sites for hydroxylation is 1. The summed E-state index contributed by atoms with van der Waals surface area (Å²) in [6.07, 6.45) is 0. The summed E-state index contributed by atoms with van der Waals surface area (Å²) in [5.41, 5.74) is 2.73. The highest BCUT2D eigenvalue weighted by atomic mass is 35.5. The summed E-state index contributed by atoms with van der Waals surface area (Å²) in [4.78, 5) is 11.2. The number of nitrogens with one attached hydrogen (secondary N) is 1. The number of ether oxygens (including phenoxy) is 2. The minimum absolute atomic E-state index is 0.0863. The average molecular weight is 464 g/mol. The Morgan fingerprint density at radius 1 is 1.10 bits per heavy atom. The van der Waals surface area contributed by atoms with Gasteiger partial charge in [-0.1, -0.05) is 35.3 Å². The molecule has 0 fully saturated rings. The molecule has 0 saturated carbocycles. The monoisotopic (exact) mass is 463 g/mol. The molecule has 5 nitrogen and oxygen atoms in total. The van der Waals surface area contributed by atoms with Crippen molar-refractivity contribution >= 4 is 34.9 Å². The van der Waals surface area contributed by atoms with Crippen LogP contribution in [0.2, 0.25) is 10.0 Å². The highest BCUT2D eigenvalue weighted by Gasteiger charge is 2.14. The van der Waals surface area contributed by atoms with Crippen molar-refractivity contribution in [3.05, 3.63) is 86.6 Å². The fourth-order valence-electron chi connectivity index (χ4n) is 2.94. The minimum atomic E-state index is -1.00. The lowest BCUT2D eigenvalue weighted by atomic mass is 10.1. The maximum Gasteiger partial charge on any atom is 0.335 e. The zero-order valence-corrected chi connectivity index (χ0v) is 18.4. The van der Waals surface area contributed by atoms with Gasteiger partial charge < -0.3 is 19.9 Å². The molecule has 162 valence electrons. The van der Waals surface area contributed by atoms with E-state index < -0.39 is 11.8 Å². The number of carboxylic acid groups (broad SMARTS) is 1. The van der Waals surface area contributed by atoms with Gasteiger partial charge in [-0.05, 0) is 48.4 Å². The quantitative estimate of drug-likeness (QED) is 0.407. The number of aromatic carboxylic acids is 1. The number of hydrogen-bond donors (Lipinski definition) is 2. The van der Waals surface area contributed by atoms with Crippen molar-refractivity contribution in [3.63, 3.8) is 0 Å². The van der Waals surface area contributed by atoms with Crippen LogP contribution in [0, 0.1) is 12.7 Å². The van der Waals surface area contributed by atoms with Crippen molar-refractivity contribution in [3.8, 4) is 11.5 Å². The summed E-state index contributed by atoms with van der Waals surface area (Å²) in [7, 11) is 1.49. The first-order valence-corrected chi connectivity index (χ1v) is 10.1. The highest BCUT2D eigenvalue weighted by Crippen LogP contribution is 2.35. The van der Waals surface area contributed by atoms with Gasteiger partial charge >= 0.3 is 5.97 Å². The van der Waals surface area contributed by atoms with Gasteiger partial charge in [-0.15, -0.1) is 0 Å². The molecule has 3 aromatic carbocycles. The van der Waals surface area contributed by atoms with Crippen molar-refractivity contribution < 1.29 is 23.8 Å². The Morgan fingerprint density at radius 3 is 2.55 bits per heavy atom. The average Bonchev–Trinajstić information content (AvgIpc) is 2.73. The van der Waals surface area contributed by atoms with Gasteiger partial charge in [0.15, 0.2) is 11.5 Å². The Balaban J connectivity index is 1.78. The molecule has 3 rings (SSSR count). The lowest BCUT2D eigenvalue weighted by Crippen LogP contribution is -2.06. The van der Waals surface area contributed by atoms with Gasteiger partial charge in [0.2, 0.25) is 0 Å². The molecule has 0 heterocycles. The number of carbonyl (C=O) groups is 1. The van der Waals surface area contributed by atoms with Crippen LogP contribution in [-0.2, 0) is 13.2 Å². The van der Waals surface area contributed by atoms with Crippen molar-refractivity contribution in [2.24, 2.45) is 0 Å². The summed E-state index contributed by atoms with van der Waals surface area (Å²) in [6, 6.07) is 12.6. The minimum Gasteiger partial charge on any atom is -0.493 e. The van der Waals surface area contributed by atoms with E-state index in [0.29, 0.717) is 28.8 Å². The summed E-state index contributed by atoms with van der Waals surface area (Å²) < 4.78 is 25.1. The molecule has 0 radical (unpaired) electrons. The highest BCUT2D eigenvalue weighted by molar-refractivity contribution is 6.31. The molecular weight excluding hydrogens is 444 g/mol. The van der Waals surface area contributed by atoms with Crippen LogP contribution in [0.1, 0.15) is 27.0 Å². The van der Waals surface area contributed by atoms with Crippen LogP contribution in [0.5, 0.6) is 11.5 Å². The number of anilines is 1. The predicted octanol–water partition coefficient (Wildman–Crippen LogP) is 6.34. The Morgan fingerprint density at radius 2 is 1.87 bits per heavy atom. The molecule has 0 aromatic heterocycles. The summed E-state index contributed by atoms with van der Waals surface area (Å²) in [6.45, 7) is 2.12. The van der Waals surface area contributed by atoms with Gasteiger partial charge in [0.1, 0.15) is 12.4 Å². The van der Waals surface area contributed by atoms with Crippen LogP contribution in [0.25, 0.3) is 0 Å². The smallest absolute Gasteiger partial charge is 0.335 e. The first kappa shape index (κ1) is 22.7. The molecule has 0 unspecified atom stereocenters. The molecule has 31 heavy (non-hydrogen) atoms. The first-order chi connectivity index (χ1) is 14.8. The van der Waals surface area contributed by atoms with E-state index in [0.717, 1.165) is 11.1 Å². The van der Waals surface area contributed by atoms with Gasteiger partial charge in [0.25, 0.3) is 0 Å². The first-order valence-electron chi connectivity index (χ1n) is 9.30. The van der Waals surface area contributed by atoms with Crippen molar-refractivity contribution in [1.29, 1.82) is 0 Å². The van der Waals surface area contributed by atoms with Crippen molar-refractivity contribution in [1.82, 2.24) is 0 Å². The van der Waals surface area contributed by atoms with Crippen molar-refractivity contribution in [2.75, 3.05) is 12.4 Å². The van der Waals surface area contributed by atoms with E-state index in [9.17, 15) is 14.3 Å². The molecule has 3 aromatic rings. The standard InChI is InChI=1S/C23H20Cl2FNO4/c1-13-6-7-14(23(28)29)8-20(13)27-11-15-9-21(30-2)22(10-18(15)25)31-12-16-17(24)4-3-5-19(16)26/h3-10,27H,11-12H2,1-2H3,(H,28,29). The van der Waals surface area contributed by atoms with E-state index >= 15 is 0 Å². The van der Waals surface area contributed by atoms with Crippen molar-refractivity contribution in [2.45, 2.75) is 20.1 Å². The van der Waals surface area contributed by atoms with Crippen LogP contribution in [0.4, 0.5) is 10.1 Å². The molecule has 0 aliphatic rings. The Hall–Kier alpha value is -2.96. The maximum atomic E-state index is 14.0. The van der Waals surface area contributed by atoms with Gasteiger partial charge in [0, 0.05) is 28.9 Å². The fraction of sp³-hybridized carbons (Fsp3) is 0.174. The Kier molecular flexibility index (Phi) is 7.25. The fourth-order valence-corrected chi connectivity index (χ4v) is 3.38. The third kappa shape index (κ3) is 5.40. The van der Waals surface area contributed by atoms with Crippen LogP contribution < -0.4 is 14.8 Å². The predicted molar refractivity (Wildman–Crippen MR) is 119 cm³/mol. The number of rotatable bonds is 8. The molecule has 2 N–H and O–H groups in total. The molecule has 8 heteroatoms. The second-order valence-corrected chi connectivity index (χ2v) is 7.59. The third-order valence-electron chi connectivity index (χ3n) is 4.72. The Labute approximate surface area is 189 Å². The third-order valence-corrected chi connectivity index (χ3v) is 5.43. The summed E-state index contributed by atoms with van der Waals surface area (Å²) in [5, 5.41) is 13.1. The molecule has 0 bridgehead atoms. The molecule has 0 spiro atoms. The van der Waals surface area contributed by atoms with Gasteiger partial charge in [-0.3, -0.25) is 0 Å². The van der Waals surface area contributed by atoms with Gasteiger partial charge in [-0.2, -0.15) is 0 Å². The van der Waals surface area contributed by atoms with Crippen LogP contribution >= 0.6 is 23.2 Å². The molecule has 0 atom stereocenters. The molecule has 0 aliphatic heterocycles. The molecule has 0 saturated heterocycles. The topological polar surface area (TPSA) is 67.8 Å². The van der Waals surface area contributed by atoms with Gasteiger partial charge in [0.05, 0.1) is 17.7 Å². The number of benzene rings is 3. The molecular formula is C23H20Cl2FNO4. The van der Waals surface area contributed by atoms with E-state index in [1.807, 2.05) is 6.92 Å². The van der Waals surface area contributed by atoms with Gasteiger partial charge in [-0.25, -0.2) is 9.18 Å². The number of hydrogen-bond acceptors (Lipinski definition) is 4. The number of carboxylic acids is 1. The zero-order chi connectivity index (χ0) is 22.5. The summed E-state index contributed by atoms with van der Waals surface area (Å²) >= 11 is 12.5. The molecule has 0 amide bonds. The normalized spacial score (nSPS) is 10.6. The second-order valence-electron chi connectivity index (χ2n) is 6.77. The lowest BCUT2D eigenvalue weighted by molar-refractivity contribution is 0.0697. The lowest BCUT2D eigenvalue weighted by Gasteiger charge is -2.16. The Bertz CT molecular complexity index is 1100.